The Hall–Kier alpha value is -1.56. The molecule has 16 heavy (non-hydrogen) atoms. The van der Waals surface area contributed by atoms with E-state index in [2.05, 4.69) is 74.0 Å². The Morgan fingerprint density at radius 2 is 1.25 bits per heavy atom. The molecular formula is C16H16. The molecule has 0 nitrogen and oxygen atoms in total. The lowest BCUT2D eigenvalue weighted by Gasteiger charge is -2.16. The predicted octanol–water partition coefficient (Wildman–Crippen LogP) is 4.27. The van der Waals surface area contributed by atoms with Crippen LogP contribution in [0.25, 0.3) is 0 Å². The van der Waals surface area contributed by atoms with Crippen LogP contribution in [0.4, 0.5) is 0 Å². The van der Waals surface area contributed by atoms with Crippen molar-refractivity contribution in [3.8, 4) is 0 Å². The largest absolute Gasteiger partial charge is 0.0622 e. The van der Waals surface area contributed by atoms with Crippen molar-refractivity contribution in [2.75, 3.05) is 0 Å². The van der Waals surface area contributed by atoms with Crippen LogP contribution in [0, 0.1) is 12.3 Å². The predicted molar refractivity (Wildman–Crippen MR) is 68.9 cm³/mol. The molecule has 0 heteroatoms. The number of hydrogen-bond donors (Lipinski definition) is 0. The summed E-state index contributed by atoms with van der Waals surface area (Å²) in [7, 11) is 0. The Morgan fingerprint density at radius 1 is 0.812 bits per heavy atom. The highest BCUT2D eigenvalue weighted by Gasteiger charge is 2.12. The summed E-state index contributed by atoms with van der Waals surface area (Å²) in [6.45, 7) is 2.10. The van der Waals surface area contributed by atoms with E-state index >= 15 is 0 Å². The van der Waals surface area contributed by atoms with E-state index in [0.29, 0.717) is 0 Å². The second-order valence-electron chi connectivity index (χ2n) is 3.82. The first kappa shape index (κ1) is 10.9. The maximum atomic E-state index is 2.20. The zero-order valence-electron chi connectivity index (χ0n) is 9.56. The van der Waals surface area contributed by atoms with Crippen LogP contribution in [0.3, 0.4) is 0 Å². The van der Waals surface area contributed by atoms with Gasteiger partial charge in [0.1, 0.15) is 0 Å². The fourth-order valence-electron chi connectivity index (χ4n) is 1.89. The summed E-state index contributed by atoms with van der Waals surface area (Å²) < 4.78 is 0. The van der Waals surface area contributed by atoms with Gasteiger partial charge in [-0.15, -0.1) is 0 Å². The van der Waals surface area contributed by atoms with E-state index < -0.39 is 0 Å². The van der Waals surface area contributed by atoms with Crippen LogP contribution < -0.4 is 0 Å². The Balaban J connectivity index is 2.31. The van der Waals surface area contributed by atoms with Crippen LogP contribution in [0.1, 0.15) is 24.5 Å². The van der Waals surface area contributed by atoms with E-state index in [1.54, 1.807) is 0 Å². The van der Waals surface area contributed by atoms with Crippen molar-refractivity contribution in [1.29, 1.82) is 0 Å². The molecule has 0 amide bonds. The summed E-state index contributed by atoms with van der Waals surface area (Å²) in [6.07, 6.45) is 3.21. The lowest BCUT2D eigenvalue weighted by atomic mass is 9.88. The summed E-state index contributed by atoms with van der Waals surface area (Å²) >= 11 is 0. The lowest BCUT2D eigenvalue weighted by molar-refractivity contribution is 1.00. The third kappa shape index (κ3) is 2.52. The Labute approximate surface area is 97.9 Å². The normalized spacial score (nSPS) is 10.6. The number of benzene rings is 2. The summed E-state index contributed by atoms with van der Waals surface area (Å²) in [5, 5.41) is 0. The Morgan fingerprint density at radius 3 is 1.62 bits per heavy atom. The van der Waals surface area contributed by atoms with Crippen LogP contribution in [0.5, 0.6) is 0 Å². The molecule has 0 bridgehead atoms. The highest BCUT2D eigenvalue weighted by atomic mass is 14.2. The standard InChI is InChI=1S/C16H16/c1-2-9-16(14-10-5-3-6-11-14)15-12-7-4-8-13-15/h2-8,10-13H,9H2,1H3. The van der Waals surface area contributed by atoms with Crippen molar-refractivity contribution >= 4 is 0 Å². The molecule has 2 aromatic rings. The zero-order valence-corrected chi connectivity index (χ0v) is 9.56. The Kier molecular flexibility index (Phi) is 3.76. The van der Waals surface area contributed by atoms with Crippen LogP contribution in [0.2, 0.25) is 0 Å². The average molecular weight is 208 g/mol. The van der Waals surface area contributed by atoms with Crippen LogP contribution in [0.15, 0.2) is 60.7 Å². The molecule has 2 rings (SSSR count). The Bertz CT molecular complexity index is 363. The zero-order chi connectivity index (χ0) is 11.2. The summed E-state index contributed by atoms with van der Waals surface area (Å²) in [4.78, 5) is 0. The summed E-state index contributed by atoms with van der Waals surface area (Å²) in [5.41, 5.74) is 2.62. The quantitative estimate of drug-likeness (QED) is 0.703. The first-order chi connectivity index (χ1) is 7.92. The molecule has 0 heterocycles. The van der Waals surface area contributed by atoms with Gasteiger partial charge in [-0.25, -0.2) is 0 Å². The molecule has 0 aliphatic heterocycles. The fourth-order valence-corrected chi connectivity index (χ4v) is 1.89. The number of rotatable bonds is 4. The highest BCUT2D eigenvalue weighted by Crippen LogP contribution is 2.27. The van der Waals surface area contributed by atoms with Crippen molar-refractivity contribution in [2.24, 2.45) is 0 Å². The minimum absolute atomic E-state index is 1.01. The van der Waals surface area contributed by atoms with Crippen LogP contribution in [-0.2, 0) is 0 Å². The van der Waals surface area contributed by atoms with Gasteiger partial charge in [-0.1, -0.05) is 67.6 Å². The minimum Gasteiger partial charge on any atom is -0.0622 e. The topological polar surface area (TPSA) is 0 Å². The molecule has 0 spiro atoms. The molecule has 0 aliphatic rings. The van der Waals surface area contributed by atoms with Crippen molar-refractivity contribution in [1.82, 2.24) is 0 Å². The van der Waals surface area contributed by atoms with Gasteiger partial charge in [0.05, 0.1) is 0 Å². The SMILES string of the molecule is C[CH]C[C](c1ccccc1)c1ccccc1. The smallest absolute Gasteiger partial charge is 0.0342 e. The summed E-state index contributed by atoms with van der Waals surface area (Å²) in [5.74, 6) is 1.39. The van der Waals surface area contributed by atoms with Gasteiger partial charge in [0, 0.05) is 5.92 Å². The average Bonchev–Trinajstić information content (AvgIpc) is 2.38. The van der Waals surface area contributed by atoms with E-state index in [-0.39, 0.29) is 0 Å². The number of hydrogen-bond acceptors (Lipinski definition) is 0. The maximum Gasteiger partial charge on any atom is 0.0342 e. The van der Waals surface area contributed by atoms with Gasteiger partial charge in [-0.05, 0) is 24.0 Å². The molecular weight excluding hydrogens is 192 g/mol. The van der Waals surface area contributed by atoms with Gasteiger partial charge in [0.2, 0.25) is 0 Å². The molecule has 2 aromatic carbocycles. The third-order valence-corrected chi connectivity index (χ3v) is 2.65. The third-order valence-electron chi connectivity index (χ3n) is 2.65. The molecule has 0 aromatic heterocycles. The van der Waals surface area contributed by atoms with Crippen molar-refractivity contribution in [3.63, 3.8) is 0 Å². The molecule has 80 valence electrons. The second-order valence-corrected chi connectivity index (χ2v) is 3.82. The van der Waals surface area contributed by atoms with E-state index in [0.717, 1.165) is 6.42 Å². The van der Waals surface area contributed by atoms with E-state index in [1.165, 1.54) is 17.0 Å². The van der Waals surface area contributed by atoms with Gasteiger partial charge in [0.25, 0.3) is 0 Å². The van der Waals surface area contributed by atoms with Gasteiger partial charge in [-0.2, -0.15) is 0 Å². The molecule has 0 aliphatic carbocycles. The second kappa shape index (κ2) is 5.50. The molecule has 2 radical (unpaired) electrons. The van der Waals surface area contributed by atoms with Gasteiger partial charge in [-0.3, -0.25) is 0 Å². The molecule has 0 fully saturated rings. The first-order valence-corrected chi connectivity index (χ1v) is 5.66. The van der Waals surface area contributed by atoms with Gasteiger partial charge in [0.15, 0.2) is 0 Å². The monoisotopic (exact) mass is 208 g/mol. The summed E-state index contributed by atoms with van der Waals surface area (Å²) in [6, 6.07) is 21.2. The van der Waals surface area contributed by atoms with Gasteiger partial charge < -0.3 is 0 Å². The lowest BCUT2D eigenvalue weighted by Crippen LogP contribution is -2.01. The minimum atomic E-state index is 1.01. The fraction of sp³-hybridized carbons (Fsp3) is 0.125. The van der Waals surface area contributed by atoms with Crippen molar-refractivity contribution < 1.29 is 0 Å². The van der Waals surface area contributed by atoms with Crippen molar-refractivity contribution in [2.45, 2.75) is 13.3 Å². The van der Waals surface area contributed by atoms with E-state index in [9.17, 15) is 0 Å². The molecule has 0 unspecified atom stereocenters. The van der Waals surface area contributed by atoms with Gasteiger partial charge >= 0.3 is 0 Å². The molecule has 0 saturated carbocycles. The first-order valence-electron chi connectivity index (χ1n) is 5.66. The molecule has 0 N–H and O–H groups in total. The van der Waals surface area contributed by atoms with Crippen LogP contribution in [-0.4, -0.2) is 0 Å². The maximum absolute atomic E-state index is 2.20. The van der Waals surface area contributed by atoms with E-state index in [4.69, 9.17) is 0 Å². The highest BCUT2D eigenvalue weighted by molar-refractivity contribution is 5.45. The van der Waals surface area contributed by atoms with Crippen molar-refractivity contribution in [3.05, 3.63) is 84.1 Å². The molecule has 0 saturated heterocycles. The molecule has 0 atom stereocenters. The van der Waals surface area contributed by atoms with Crippen LogP contribution >= 0.6 is 0 Å². The van der Waals surface area contributed by atoms with E-state index in [1.807, 2.05) is 0 Å².